The highest BCUT2D eigenvalue weighted by Crippen LogP contribution is 2.54. The van der Waals surface area contributed by atoms with Crippen LogP contribution in [0.25, 0.3) is 0 Å². The minimum atomic E-state index is -3.34. The van der Waals surface area contributed by atoms with Crippen LogP contribution in [0.1, 0.15) is 19.3 Å². The molecular formula is C8H13NO3S. The third-order valence-electron chi connectivity index (χ3n) is 3.75. The lowest BCUT2D eigenvalue weighted by molar-refractivity contribution is 0.221. The van der Waals surface area contributed by atoms with Gasteiger partial charge in [0.05, 0.1) is 17.5 Å². The molecule has 13 heavy (non-hydrogen) atoms. The van der Waals surface area contributed by atoms with Crippen LogP contribution in [0.4, 0.5) is 0 Å². The Bertz CT molecular complexity index is 339. The maximum Gasteiger partial charge on any atom is 0.212 e. The van der Waals surface area contributed by atoms with Crippen molar-refractivity contribution in [3.8, 4) is 0 Å². The Morgan fingerprint density at radius 2 is 2.00 bits per heavy atom. The number of ether oxygens (including phenoxy) is 1. The van der Waals surface area contributed by atoms with Gasteiger partial charge in [-0.25, -0.2) is 13.6 Å². The molecule has 2 N–H and O–H groups in total. The van der Waals surface area contributed by atoms with Crippen molar-refractivity contribution in [2.24, 2.45) is 17.0 Å². The van der Waals surface area contributed by atoms with Crippen molar-refractivity contribution in [2.75, 3.05) is 0 Å². The van der Waals surface area contributed by atoms with Gasteiger partial charge in [-0.2, -0.15) is 0 Å². The molecule has 4 aliphatic rings. The maximum atomic E-state index is 11.3. The second kappa shape index (κ2) is 2.27. The summed E-state index contributed by atoms with van der Waals surface area (Å²) in [6, 6.07) is 0. The average Bonchev–Trinajstić information content (AvgIpc) is 2.82. The number of nitrogens with two attached hydrogens (primary N) is 1. The fourth-order valence-electron chi connectivity index (χ4n) is 3.10. The standard InChI is InChI=1S/C8H13NO3S/c9-13(10,11)6-3-4-1-2-5(6)8-7(4)12-8/h4-8H,1-3H2,(H2,9,10,11)/t4-,5+,6+,7-,8+/m0/s1. The monoisotopic (exact) mass is 203 g/mol. The van der Waals surface area contributed by atoms with Gasteiger partial charge >= 0.3 is 0 Å². The summed E-state index contributed by atoms with van der Waals surface area (Å²) >= 11 is 0. The number of sulfonamides is 1. The van der Waals surface area contributed by atoms with Crippen LogP contribution in [-0.4, -0.2) is 25.9 Å². The van der Waals surface area contributed by atoms with Crippen LogP contribution in [0.2, 0.25) is 0 Å². The molecular weight excluding hydrogens is 190 g/mol. The van der Waals surface area contributed by atoms with E-state index in [-0.39, 0.29) is 17.3 Å². The molecule has 74 valence electrons. The molecule has 0 unspecified atom stereocenters. The van der Waals surface area contributed by atoms with Crippen molar-refractivity contribution >= 4 is 10.0 Å². The molecule has 3 aliphatic carbocycles. The van der Waals surface area contributed by atoms with E-state index < -0.39 is 10.0 Å². The van der Waals surface area contributed by atoms with Gasteiger partial charge in [0.15, 0.2) is 0 Å². The quantitative estimate of drug-likeness (QED) is 0.602. The number of fused-ring (bicyclic) bond motifs is 2. The van der Waals surface area contributed by atoms with Gasteiger partial charge in [-0.1, -0.05) is 0 Å². The van der Waals surface area contributed by atoms with Gasteiger partial charge < -0.3 is 4.74 Å². The van der Waals surface area contributed by atoms with Gasteiger partial charge in [0.2, 0.25) is 10.0 Å². The molecule has 4 fully saturated rings. The zero-order valence-corrected chi connectivity index (χ0v) is 8.03. The van der Waals surface area contributed by atoms with E-state index in [0.717, 1.165) is 19.3 Å². The van der Waals surface area contributed by atoms with E-state index in [1.807, 2.05) is 0 Å². The molecule has 0 aromatic rings. The second-order valence-electron chi connectivity index (χ2n) is 4.43. The Kier molecular flexibility index (Phi) is 1.43. The topological polar surface area (TPSA) is 72.7 Å². The maximum absolute atomic E-state index is 11.3. The Hall–Kier alpha value is -0.130. The molecule has 4 rings (SSSR count). The molecule has 1 heterocycles. The second-order valence-corrected chi connectivity index (χ2v) is 6.21. The first-order valence-electron chi connectivity index (χ1n) is 4.74. The molecule has 0 radical (unpaired) electrons. The van der Waals surface area contributed by atoms with Gasteiger partial charge in [0, 0.05) is 5.92 Å². The fraction of sp³-hybridized carbons (Fsp3) is 1.00. The van der Waals surface area contributed by atoms with Crippen molar-refractivity contribution < 1.29 is 13.2 Å². The van der Waals surface area contributed by atoms with Gasteiger partial charge in [0.1, 0.15) is 0 Å². The Morgan fingerprint density at radius 3 is 2.62 bits per heavy atom. The van der Waals surface area contributed by atoms with E-state index in [1.54, 1.807) is 0 Å². The zero-order valence-electron chi connectivity index (χ0n) is 7.22. The summed E-state index contributed by atoms with van der Waals surface area (Å²) in [6.07, 6.45) is 3.42. The Labute approximate surface area is 77.5 Å². The third kappa shape index (κ3) is 1.07. The number of primary sulfonamides is 1. The van der Waals surface area contributed by atoms with Crippen molar-refractivity contribution in [1.29, 1.82) is 0 Å². The largest absolute Gasteiger partial charge is 0.369 e. The van der Waals surface area contributed by atoms with Crippen LogP contribution in [-0.2, 0) is 14.8 Å². The Morgan fingerprint density at radius 1 is 1.23 bits per heavy atom. The smallest absolute Gasteiger partial charge is 0.212 e. The minimum Gasteiger partial charge on any atom is -0.369 e. The summed E-state index contributed by atoms with van der Waals surface area (Å²) in [4.78, 5) is 0. The molecule has 1 aliphatic heterocycles. The molecule has 0 amide bonds. The molecule has 1 saturated heterocycles. The molecule has 0 spiro atoms. The number of hydrogen-bond acceptors (Lipinski definition) is 3. The summed E-state index contributed by atoms with van der Waals surface area (Å²) in [5, 5.41) is 4.87. The highest BCUT2D eigenvalue weighted by molar-refractivity contribution is 7.89. The highest BCUT2D eigenvalue weighted by Gasteiger charge is 2.61. The lowest BCUT2D eigenvalue weighted by Crippen LogP contribution is -2.47. The number of hydrogen-bond donors (Lipinski definition) is 1. The SMILES string of the molecule is NS(=O)(=O)[C@@H]1C[C@@H]2CC[C@H]1[C@H]1O[C@@H]21. The molecule has 5 heteroatoms. The van der Waals surface area contributed by atoms with Gasteiger partial charge in [-0.3, -0.25) is 0 Å². The zero-order chi connectivity index (χ0) is 9.22. The normalized spacial score (nSPS) is 53.2. The highest BCUT2D eigenvalue weighted by atomic mass is 32.2. The molecule has 2 bridgehead atoms. The van der Waals surface area contributed by atoms with Crippen LogP contribution >= 0.6 is 0 Å². The number of epoxide rings is 1. The third-order valence-corrected chi connectivity index (χ3v) is 5.14. The molecule has 0 aromatic heterocycles. The summed E-state index contributed by atoms with van der Waals surface area (Å²) in [7, 11) is -3.34. The fourth-order valence-corrected chi connectivity index (χ4v) is 4.39. The van der Waals surface area contributed by atoms with Crippen molar-refractivity contribution in [3.63, 3.8) is 0 Å². The first-order valence-corrected chi connectivity index (χ1v) is 6.35. The van der Waals surface area contributed by atoms with E-state index in [4.69, 9.17) is 9.88 Å². The van der Waals surface area contributed by atoms with E-state index >= 15 is 0 Å². The lowest BCUT2D eigenvalue weighted by atomic mass is 9.70. The summed E-state index contributed by atoms with van der Waals surface area (Å²) in [5.74, 6) is 0.642. The first kappa shape index (κ1) is 8.20. The molecule has 5 atom stereocenters. The first-order chi connectivity index (χ1) is 6.07. The van der Waals surface area contributed by atoms with E-state index in [2.05, 4.69) is 0 Å². The van der Waals surface area contributed by atoms with Crippen LogP contribution in [0.5, 0.6) is 0 Å². The predicted octanol–water partition coefficient (Wildman–Crippen LogP) is -0.159. The van der Waals surface area contributed by atoms with Crippen molar-refractivity contribution in [1.82, 2.24) is 0 Å². The molecule has 0 aromatic carbocycles. The van der Waals surface area contributed by atoms with Crippen LogP contribution in [0.3, 0.4) is 0 Å². The predicted molar refractivity (Wildman–Crippen MR) is 46.4 cm³/mol. The minimum absolute atomic E-state index is 0.185. The van der Waals surface area contributed by atoms with Gasteiger partial charge in [-0.15, -0.1) is 0 Å². The molecule has 3 saturated carbocycles. The van der Waals surface area contributed by atoms with Crippen LogP contribution in [0.15, 0.2) is 0 Å². The van der Waals surface area contributed by atoms with Gasteiger partial charge in [-0.05, 0) is 25.2 Å². The Balaban J connectivity index is 1.94. The van der Waals surface area contributed by atoms with E-state index in [9.17, 15) is 8.42 Å². The number of rotatable bonds is 1. The summed E-state index contributed by atoms with van der Waals surface area (Å²) in [6.45, 7) is 0. The van der Waals surface area contributed by atoms with Crippen LogP contribution < -0.4 is 5.14 Å². The summed E-state index contributed by atoms with van der Waals surface area (Å²) < 4.78 is 28.0. The lowest BCUT2D eigenvalue weighted by Gasteiger charge is -2.37. The molecule has 4 nitrogen and oxygen atoms in total. The van der Waals surface area contributed by atoms with Gasteiger partial charge in [0.25, 0.3) is 0 Å². The van der Waals surface area contributed by atoms with E-state index in [0.29, 0.717) is 12.0 Å². The van der Waals surface area contributed by atoms with E-state index in [1.165, 1.54) is 0 Å². The van der Waals surface area contributed by atoms with Crippen LogP contribution in [0, 0.1) is 11.8 Å². The summed E-state index contributed by atoms with van der Waals surface area (Å²) in [5.41, 5.74) is 0. The van der Waals surface area contributed by atoms with Crippen molar-refractivity contribution in [2.45, 2.75) is 36.7 Å². The van der Waals surface area contributed by atoms with Crippen molar-refractivity contribution in [3.05, 3.63) is 0 Å². The average molecular weight is 203 g/mol.